The first-order valence-electron chi connectivity index (χ1n) is 6.34. The molecule has 1 amide bonds. The molecule has 0 saturated heterocycles. The first-order valence-corrected chi connectivity index (χ1v) is 7.87. The molecule has 0 aromatic heterocycles. The Morgan fingerprint density at radius 3 is 2.75 bits per heavy atom. The molecule has 1 fully saturated rings. The van der Waals surface area contributed by atoms with Crippen molar-refractivity contribution in [1.29, 1.82) is 0 Å². The SMILES string of the molecule is O=C(CSCc1cccc(Cl)c1)NCC1(C(=O)O)CC1. The molecule has 1 aliphatic carbocycles. The molecule has 2 N–H and O–H groups in total. The van der Waals surface area contributed by atoms with E-state index >= 15 is 0 Å². The third-order valence-corrected chi connectivity index (χ3v) is 4.56. The van der Waals surface area contributed by atoms with Gasteiger partial charge in [0.2, 0.25) is 5.91 Å². The van der Waals surface area contributed by atoms with E-state index in [1.165, 1.54) is 11.8 Å². The fraction of sp³-hybridized carbons (Fsp3) is 0.429. The zero-order valence-corrected chi connectivity index (χ0v) is 12.5. The Hall–Kier alpha value is -1.20. The number of rotatable bonds is 7. The minimum Gasteiger partial charge on any atom is -0.481 e. The van der Waals surface area contributed by atoms with Gasteiger partial charge in [-0.2, -0.15) is 0 Å². The minimum absolute atomic E-state index is 0.121. The molecule has 4 nitrogen and oxygen atoms in total. The van der Waals surface area contributed by atoms with Gasteiger partial charge in [0.25, 0.3) is 0 Å². The van der Waals surface area contributed by atoms with Crippen LogP contribution < -0.4 is 5.32 Å². The Kier molecular flexibility index (Phi) is 4.94. The molecular formula is C14H16ClNO3S. The van der Waals surface area contributed by atoms with Crippen LogP contribution >= 0.6 is 23.4 Å². The van der Waals surface area contributed by atoms with Gasteiger partial charge in [-0.15, -0.1) is 11.8 Å². The number of carboxylic acid groups (broad SMARTS) is 1. The lowest BCUT2D eigenvalue weighted by Crippen LogP contribution is -2.35. The quantitative estimate of drug-likeness (QED) is 0.812. The van der Waals surface area contributed by atoms with Crippen molar-refractivity contribution in [2.24, 2.45) is 5.41 Å². The molecule has 0 spiro atoms. The van der Waals surface area contributed by atoms with Crippen LogP contribution in [0.15, 0.2) is 24.3 Å². The standard InChI is InChI=1S/C14H16ClNO3S/c15-11-3-1-2-10(6-11)7-20-8-12(17)16-9-14(4-5-14)13(18)19/h1-3,6H,4-5,7-9H2,(H,16,17)(H,18,19). The Balaban J connectivity index is 1.67. The minimum atomic E-state index is -0.815. The zero-order chi connectivity index (χ0) is 14.6. The van der Waals surface area contributed by atoms with E-state index in [1.807, 2.05) is 24.3 Å². The maximum Gasteiger partial charge on any atom is 0.311 e. The molecule has 108 valence electrons. The normalized spacial score (nSPS) is 15.7. The number of hydrogen-bond acceptors (Lipinski definition) is 3. The van der Waals surface area contributed by atoms with Crippen LogP contribution in [0, 0.1) is 5.41 Å². The number of carbonyl (C=O) groups excluding carboxylic acids is 1. The maximum absolute atomic E-state index is 11.6. The van der Waals surface area contributed by atoms with Gasteiger partial charge in [-0.25, -0.2) is 0 Å². The molecular weight excluding hydrogens is 298 g/mol. The molecule has 0 aliphatic heterocycles. The summed E-state index contributed by atoms with van der Waals surface area (Å²) in [5.41, 5.74) is 0.368. The van der Waals surface area contributed by atoms with E-state index in [2.05, 4.69) is 5.32 Å². The molecule has 2 rings (SSSR count). The van der Waals surface area contributed by atoms with Gasteiger partial charge in [-0.05, 0) is 30.5 Å². The molecule has 0 radical (unpaired) electrons. The fourth-order valence-electron chi connectivity index (χ4n) is 1.82. The molecule has 20 heavy (non-hydrogen) atoms. The summed E-state index contributed by atoms with van der Waals surface area (Å²) in [7, 11) is 0. The number of aliphatic carboxylic acids is 1. The largest absolute Gasteiger partial charge is 0.481 e. The third kappa shape index (κ3) is 4.15. The summed E-state index contributed by atoms with van der Waals surface area (Å²) in [5.74, 6) is 0.0919. The molecule has 0 unspecified atom stereocenters. The van der Waals surface area contributed by atoms with Crippen molar-refractivity contribution >= 4 is 35.2 Å². The number of benzene rings is 1. The third-order valence-electron chi connectivity index (χ3n) is 3.32. The highest BCUT2D eigenvalue weighted by molar-refractivity contribution is 7.99. The van der Waals surface area contributed by atoms with Crippen molar-refractivity contribution in [3.63, 3.8) is 0 Å². The molecule has 1 aromatic carbocycles. The number of thioether (sulfide) groups is 1. The van der Waals surface area contributed by atoms with Crippen molar-refractivity contribution in [2.75, 3.05) is 12.3 Å². The molecule has 0 atom stereocenters. The second kappa shape index (κ2) is 6.50. The summed E-state index contributed by atoms with van der Waals surface area (Å²) in [5, 5.41) is 12.4. The predicted octanol–water partition coefficient (Wildman–Crippen LogP) is 2.55. The molecule has 1 saturated carbocycles. The number of hydrogen-bond donors (Lipinski definition) is 2. The van der Waals surface area contributed by atoms with Crippen molar-refractivity contribution in [1.82, 2.24) is 5.32 Å². The Bertz CT molecular complexity index is 517. The van der Waals surface area contributed by atoms with Crippen molar-refractivity contribution in [2.45, 2.75) is 18.6 Å². The van der Waals surface area contributed by atoms with Gasteiger partial charge >= 0.3 is 5.97 Å². The van der Waals surface area contributed by atoms with Gasteiger partial charge in [-0.1, -0.05) is 23.7 Å². The average molecular weight is 314 g/mol. The van der Waals surface area contributed by atoms with E-state index in [9.17, 15) is 9.59 Å². The Morgan fingerprint density at radius 2 is 2.15 bits per heavy atom. The van der Waals surface area contributed by atoms with E-state index in [4.69, 9.17) is 16.7 Å². The van der Waals surface area contributed by atoms with Gasteiger partial charge in [0, 0.05) is 17.3 Å². The average Bonchev–Trinajstić information content (AvgIpc) is 3.18. The fourth-order valence-corrected chi connectivity index (χ4v) is 2.84. The van der Waals surface area contributed by atoms with Crippen LogP contribution in [0.2, 0.25) is 5.02 Å². The van der Waals surface area contributed by atoms with E-state index in [0.717, 1.165) is 5.56 Å². The maximum atomic E-state index is 11.6. The Labute approximate surface area is 126 Å². The van der Waals surface area contributed by atoms with Crippen LogP contribution in [0.4, 0.5) is 0 Å². The first kappa shape index (κ1) is 15.2. The summed E-state index contributed by atoms with van der Waals surface area (Å²) in [4.78, 5) is 22.6. The van der Waals surface area contributed by atoms with Crippen LogP contribution in [-0.4, -0.2) is 29.3 Å². The van der Waals surface area contributed by atoms with Gasteiger partial charge in [-0.3, -0.25) is 9.59 Å². The molecule has 0 heterocycles. The van der Waals surface area contributed by atoms with E-state index in [1.54, 1.807) is 0 Å². The lowest BCUT2D eigenvalue weighted by atomic mass is 10.1. The summed E-state index contributed by atoms with van der Waals surface area (Å²) < 4.78 is 0. The second-order valence-corrected chi connectivity index (χ2v) is 6.41. The van der Waals surface area contributed by atoms with Crippen molar-refractivity contribution in [3.8, 4) is 0 Å². The van der Waals surface area contributed by atoms with E-state index in [-0.39, 0.29) is 12.5 Å². The molecule has 1 aliphatic rings. The van der Waals surface area contributed by atoms with Crippen LogP contribution in [0.1, 0.15) is 18.4 Å². The van der Waals surface area contributed by atoms with Gasteiger partial charge in [0.15, 0.2) is 0 Å². The van der Waals surface area contributed by atoms with E-state index < -0.39 is 11.4 Å². The summed E-state index contributed by atoms with van der Waals surface area (Å²) in [6, 6.07) is 7.52. The van der Waals surface area contributed by atoms with Gasteiger partial charge in [0.1, 0.15) is 0 Å². The van der Waals surface area contributed by atoms with Gasteiger partial charge < -0.3 is 10.4 Å². The van der Waals surface area contributed by atoms with Crippen molar-refractivity contribution < 1.29 is 14.7 Å². The van der Waals surface area contributed by atoms with Crippen LogP contribution in [-0.2, 0) is 15.3 Å². The number of nitrogens with one attached hydrogen (secondary N) is 1. The smallest absolute Gasteiger partial charge is 0.311 e. The number of carboxylic acids is 1. The molecule has 1 aromatic rings. The molecule has 6 heteroatoms. The Morgan fingerprint density at radius 1 is 1.40 bits per heavy atom. The van der Waals surface area contributed by atoms with E-state index in [0.29, 0.717) is 29.4 Å². The van der Waals surface area contributed by atoms with Gasteiger partial charge in [0.05, 0.1) is 11.2 Å². The lowest BCUT2D eigenvalue weighted by molar-refractivity contribution is -0.143. The number of carbonyl (C=O) groups is 2. The summed E-state index contributed by atoms with van der Waals surface area (Å²) >= 11 is 7.36. The number of amides is 1. The highest BCUT2D eigenvalue weighted by Gasteiger charge is 2.50. The topological polar surface area (TPSA) is 66.4 Å². The predicted molar refractivity (Wildman–Crippen MR) is 79.9 cm³/mol. The van der Waals surface area contributed by atoms with Crippen molar-refractivity contribution in [3.05, 3.63) is 34.9 Å². The highest BCUT2D eigenvalue weighted by atomic mass is 35.5. The summed E-state index contributed by atoms with van der Waals surface area (Å²) in [6.45, 7) is 0.235. The zero-order valence-electron chi connectivity index (χ0n) is 10.9. The lowest BCUT2D eigenvalue weighted by Gasteiger charge is -2.10. The first-order chi connectivity index (χ1) is 9.52. The van der Waals surface area contributed by atoms with Crippen LogP contribution in [0.25, 0.3) is 0 Å². The van der Waals surface area contributed by atoms with Crippen LogP contribution in [0.3, 0.4) is 0 Å². The highest BCUT2D eigenvalue weighted by Crippen LogP contribution is 2.45. The number of halogens is 1. The van der Waals surface area contributed by atoms with Crippen LogP contribution in [0.5, 0.6) is 0 Å². The molecule has 0 bridgehead atoms. The monoisotopic (exact) mass is 313 g/mol. The second-order valence-electron chi connectivity index (χ2n) is 4.98. The summed E-state index contributed by atoms with van der Waals surface area (Å²) in [6.07, 6.45) is 1.30.